The third-order valence-corrected chi connectivity index (χ3v) is 5.85. The summed E-state index contributed by atoms with van der Waals surface area (Å²) in [5.41, 5.74) is 5.86. The van der Waals surface area contributed by atoms with Gasteiger partial charge in [-0.3, -0.25) is 4.79 Å². The van der Waals surface area contributed by atoms with E-state index in [0.717, 1.165) is 17.8 Å². The van der Waals surface area contributed by atoms with Gasteiger partial charge < -0.3 is 20.0 Å². The topological polar surface area (TPSA) is 103 Å². The van der Waals surface area contributed by atoms with Crippen LogP contribution in [0, 0.1) is 0 Å². The highest BCUT2D eigenvalue weighted by Crippen LogP contribution is 2.37. The van der Waals surface area contributed by atoms with Crippen LogP contribution in [0.15, 0.2) is 85.5 Å². The van der Waals surface area contributed by atoms with E-state index in [1.54, 1.807) is 47.6 Å². The molecule has 0 fully saturated rings. The summed E-state index contributed by atoms with van der Waals surface area (Å²) < 4.78 is 44.8. The zero-order chi connectivity index (χ0) is 25.6. The number of hydrogen-bond acceptors (Lipinski definition) is 3. The van der Waals surface area contributed by atoms with Gasteiger partial charge in [0.1, 0.15) is 0 Å². The van der Waals surface area contributed by atoms with E-state index in [-0.39, 0.29) is 11.3 Å². The molecule has 0 aliphatic rings. The molecule has 0 unspecified atom stereocenters. The molecule has 10 heteroatoms. The predicted molar refractivity (Wildman–Crippen MR) is 126 cm³/mol. The Morgan fingerprint density at radius 2 is 1.64 bits per heavy atom. The highest BCUT2D eigenvalue weighted by molar-refractivity contribution is 5.97. The maximum absolute atomic E-state index is 13.8. The van der Waals surface area contributed by atoms with E-state index >= 15 is 0 Å². The van der Waals surface area contributed by atoms with Crippen molar-refractivity contribution in [1.82, 2.24) is 14.1 Å². The molecule has 1 amide bonds. The number of nitrogens with two attached hydrogens (primary N) is 1. The molecule has 2 aromatic heterocycles. The molecule has 0 radical (unpaired) electrons. The summed E-state index contributed by atoms with van der Waals surface area (Å²) in [7, 11) is 0. The lowest BCUT2D eigenvalue weighted by atomic mass is 10.0. The highest BCUT2D eigenvalue weighted by atomic mass is 19.4. The number of rotatable bonds is 5. The second-order valence-corrected chi connectivity index (χ2v) is 8.05. The zero-order valence-electron chi connectivity index (χ0n) is 18.4. The van der Waals surface area contributed by atoms with Crippen molar-refractivity contribution >= 4 is 22.8 Å². The van der Waals surface area contributed by atoms with Gasteiger partial charge in [0.25, 0.3) is 0 Å². The number of benzene rings is 3. The van der Waals surface area contributed by atoms with Crippen LogP contribution in [0.25, 0.3) is 33.5 Å². The molecule has 3 N–H and O–H groups in total. The number of carbonyl (C=O) groups excluding carboxylic acids is 1. The summed E-state index contributed by atoms with van der Waals surface area (Å²) in [5.74, 6) is -2.37. The molecule has 0 aliphatic carbocycles. The van der Waals surface area contributed by atoms with Crippen molar-refractivity contribution in [2.24, 2.45) is 5.73 Å². The predicted octanol–water partition coefficient (Wildman–Crippen LogP) is 5.30. The van der Waals surface area contributed by atoms with E-state index in [4.69, 9.17) is 5.73 Å². The average molecular weight is 490 g/mol. The van der Waals surface area contributed by atoms with Crippen LogP contribution in [0.4, 0.5) is 13.2 Å². The molecule has 3 aromatic carbocycles. The number of primary amides is 1. The van der Waals surface area contributed by atoms with Gasteiger partial charge in [0.15, 0.2) is 0 Å². The molecule has 0 atom stereocenters. The van der Waals surface area contributed by atoms with Crippen molar-refractivity contribution in [3.8, 4) is 22.6 Å². The maximum atomic E-state index is 13.8. The van der Waals surface area contributed by atoms with E-state index in [2.05, 4.69) is 4.98 Å². The van der Waals surface area contributed by atoms with Crippen LogP contribution in [0.2, 0.25) is 0 Å². The molecule has 36 heavy (non-hydrogen) atoms. The van der Waals surface area contributed by atoms with E-state index < -0.39 is 29.2 Å². The lowest BCUT2D eigenvalue weighted by Crippen LogP contribution is -2.19. The van der Waals surface area contributed by atoms with Crippen molar-refractivity contribution in [3.05, 3.63) is 102 Å². The fourth-order valence-electron chi connectivity index (χ4n) is 4.16. The molecular formula is C26H17F3N4O3. The van der Waals surface area contributed by atoms with Gasteiger partial charge in [-0.1, -0.05) is 18.2 Å². The zero-order valence-corrected chi connectivity index (χ0v) is 18.4. The van der Waals surface area contributed by atoms with E-state index in [0.29, 0.717) is 22.2 Å². The van der Waals surface area contributed by atoms with E-state index in [1.165, 1.54) is 22.8 Å². The minimum atomic E-state index is -4.83. The van der Waals surface area contributed by atoms with E-state index in [9.17, 15) is 27.9 Å². The van der Waals surface area contributed by atoms with Crippen LogP contribution in [0.3, 0.4) is 0 Å². The second kappa shape index (κ2) is 8.42. The molecule has 180 valence electrons. The van der Waals surface area contributed by atoms with Crippen LogP contribution in [-0.2, 0) is 6.18 Å². The lowest BCUT2D eigenvalue weighted by molar-refractivity contribution is -0.137. The third kappa shape index (κ3) is 3.98. The van der Waals surface area contributed by atoms with Crippen molar-refractivity contribution in [3.63, 3.8) is 0 Å². The Kier molecular flexibility index (Phi) is 5.36. The minimum absolute atomic E-state index is 0.0198. The fraction of sp³-hybridized carbons (Fsp3) is 0.0385. The van der Waals surface area contributed by atoms with Crippen molar-refractivity contribution in [2.45, 2.75) is 6.18 Å². The molecule has 5 rings (SSSR count). The number of halogens is 3. The maximum Gasteiger partial charge on any atom is 0.417 e. The summed E-state index contributed by atoms with van der Waals surface area (Å²) >= 11 is 0. The van der Waals surface area contributed by atoms with Crippen molar-refractivity contribution in [2.75, 3.05) is 0 Å². The standard InChI is InChI=1S/C26H17F3N4O3/c27-26(28,29)21-13-19(7-8-20(21)24(30)34)33-22(11-16-1-2-17(25(35)36)12-23(16)33)15-3-5-18(6-4-15)32-10-9-31-14-32/h1-14H,(H2,30,34)(H,35,36). The normalized spacial score (nSPS) is 11.6. The van der Waals surface area contributed by atoms with Gasteiger partial charge in [0.05, 0.1) is 34.2 Å². The number of carboxylic acids is 1. The van der Waals surface area contributed by atoms with Gasteiger partial charge in [-0.15, -0.1) is 0 Å². The third-order valence-electron chi connectivity index (χ3n) is 5.85. The monoisotopic (exact) mass is 490 g/mol. The first-order chi connectivity index (χ1) is 17.1. The van der Waals surface area contributed by atoms with Gasteiger partial charge in [0.2, 0.25) is 5.91 Å². The highest BCUT2D eigenvalue weighted by Gasteiger charge is 2.35. The molecule has 0 saturated carbocycles. The number of alkyl halides is 3. The Morgan fingerprint density at radius 3 is 2.25 bits per heavy atom. The fourth-order valence-corrected chi connectivity index (χ4v) is 4.16. The number of imidazole rings is 1. The van der Waals surface area contributed by atoms with Gasteiger partial charge in [-0.25, -0.2) is 9.78 Å². The van der Waals surface area contributed by atoms with Gasteiger partial charge in [-0.05, 0) is 54.1 Å². The van der Waals surface area contributed by atoms with Gasteiger partial charge >= 0.3 is 12.1 Å². The summed E-state index contributed by atoms with van der Waals surface area (Å²) in [5, 5.41) is 10.1. The number of carboxylic acid groups (broad SMARTS) is 1. The molecule has 0 bridgehead atoms. The largest absolute Gasteiger partial charge is 0.478 e. The molecule has 0 spiro atoms. The number of carbonyl (C=O) groups is 2. The Morgan fingerprint density at radius 1 is 0.917 bits per heavy atom. The van der Waals surface area contributed by atoms with Crippen LogP contribution in [0.5, 0.6) is 0 Å². The summed E-state index contributed by atoms with van der Waals surface area (Å²) in [4.78, 5) is 27.3. The van der Waals surface area contributed by atoms with Gasteiger partial charge in [-0.2, -0.15) is 13.2 Å². The quantitative estimate of drug-likeness (QED) is 0.349. The van der Waals surface area contributed by atoms with Crippen LogP contribution in [-0.4, -0.2) is 31.1 Å². The van der Waals surface area contributed by atoms with Crippen LogP contribution >= 0.6 is 0 Å². The molecular weight excluding hydrogens is 473 g/mol. The number of aromatic carboxylic acids is 1. The van der Waals surface area contributed by atoms with Gasteiger partial charge in [0, 0.05) is 29.2 Å². The Labute approximate surface area is 201 Å². The van der Waals surface area contributed by atoms with E-state index in [1.807, 2.05) is 12.1 Å². The van der Waals surface area contributed by atoms with Crippen molar-refractivity contribution < 1.29 is 27.9 Å². The summed E-state index contributed by atoms with van der Waals surface area (Å²) in [6, 6.07) is 16.7. The Hall–Kier alpha value is -4.86. The summed E-state index contributed by atoms with van der Waals surface area (Å²) in [6.45, 7) is 0. The number of amides is 1. The second-order valence-electron chi connectivity index (χ2n) is 8.05. The lowest BCUT2D eigenvalue weighted by Gasteiger charge is -2.16. The number of fused-ring (bicyclic) bond motifs is 1. The first kappa shape index (κ1) is 22.9. The average Bonchev–Trinajstić information content (AvgIpc) is 3.51. The molecule has 0 aliphatic heterocycles. The molecule has 5 aromatic rings. The van der Waals surface area contributed by atoms with Crippen LogP contribution in [0.1, 0.15) is 26.3 Å². The number of hydrogen-bond donors (Lipinski definition) is 2. The number of nitrogens with zero attached hydrogens (tertiary/aromatic N) is 3. The Balaban J connectivity index is 1.76. The SMILES string of the molecule is NC(=O)c1ccc(-n2c(-c3ccc(-n4ccnc4)cc3)cc3ccc(C(=O)O)cc32)cc1C(F)(F)F. The molecule has 2 heterocycles. The smallest absolute Gasteiger partial charge is 0.417 e. The first-order valence-corrected chi connectivity index (χ1v) is 10.6. The molecule has 7 nitrogen and oxygen atoms in total. The van der Waals surface area contributed by atoms with Crippen molar-refractivity contribution in [1.29, 1.82) is 0 Å². The first-order valence-electron chi connectivity index (χ1n) is 10.6. The van der Waals surface area contributed by atoms with Crippen LogP contribution < -0.4 is 5.73 Å². The summed E-state index contributed by atoms with van der Waals surface area (Å²) in [6.07, 6.45) is 0.221. The number of aromatic nitrogens is 3. The molecule has 0 saturated heterocycles. The minimum Gasteiger partial charge on any atom is -0.478 e. The Bertz CT molecular complexity index is 1620.